The molecular weight excluding hydrogens is 509 g/mol. The Bertz CT molecular complexity index is 1330. The zero-order valence-corrected chi connectivity index (χ0v) is 19.5. The number of aromatic nitrogens is 2. The molecule has 35 heavy (non-hydrogen) atoms. The van der Waals surface area contributed by atoms with Crippen molar-refractivity contribution in [2.24, 2.45) is 0 Å². The molecule has 0 spiro atoms. The Balaban J connectivity index is 0.000000320. The van der Waals surface area contributed by atoms with Crippen molar-refractivity contribution in [3.05, 3.63) is 81.3 Å². The van der Waals surface area contributed by atoms with Gasteiger partial charge in [-0.25, -0.2) is 18.3 Å². The van der Waals surface area contributed by atoms with Crippen LogP contribution in [0.1, 0.15) is 6.42 Å². The van der Waals surface area contributed by atoms with E-state index in [1.54, 1.807) is 4.90 Å². The first kappa shape index (κ1) is 26.5. The second kappa shape index (κ2) is 10.7. The predicted octanol–water partition coefficient (Wildman–Crippen LogP) is 2.41. The number of anilines is 1. The smallest absolute Gasteiger partial charge is 0.377 e. The van der Waals surface area contributed by atoms with Gasteiger partial charge in [-0.05, 0) is 42.8 Å². The molecule has 186 valence electrons. The van der Waals surface area contributed by atoms with Gasteiger partial charge in [0.25, 0.3) is 5.56 Å². The van der Waals surface area contributed by atoms with E-state index in [4.69, 9.17) is 23.2 Å². The summed E-state index contributed by atoms with van der Waals surface area (Å²) in [6, 6.07) is 6.41. The normalized spacial score (nSPS) is 15.5. The van der Waals surface area contributed by atoms with Gasteiger partial charge in [0.1, 0.15) is 17.5 Å². The van der Waals surface area contributed by atoms with Gasteiger partial charge in [0.2, 0.25) is 5.91 Å². The SMILES string of the molecule is C=CC(=O)N1CCC(Nc2ccc3ncn(C(O)(O)O)c(=O)c3c2F)C1.Fc1ccc(Cl)c(Cl)c1. The minimum absolute atomic E-state index is 0.00599. The van der Waals surface area contributed by atoms with Crippen LogP contribution in [0.2, 0.25) is 10.0 Å². The predicted molar refractivity (Wildman–Crippen MR) is 126 cm³/mol. The summed E-state index contributed by atoms with van der Waals surface area (Å²) in [5.74, 6) is -1.53. The third kappa shape index (κ3) is 6.13. The van der Waals surface area contributed by atoms with E-state index in [9.17, 15) is 33.7 Å². The van der Waals surface area contributed by atoms with Gasteiger partial charge in [-0.3, -0.25) is 9.59 Å². The van der Waals surface area contributed by atoms with E-state index in [2.05, 4.69) is 16.9 Å². The fourth-order valence-corrected chi connectivity index (χ4v) is 3.68. The molecule has 0 aliphatic carbocycles. The van der Waals surface area contributed by atoms with Gasteiger partial charge in [-0.1, -0.05) is 29.8 Å². The lowest BCUT2D eigenvalue weighted by Crippen LogP contribution is -2.41. The number of carbonyl (C=O) groups is 1. The highest BCUT2D eigenvalue weighted by atomic mass is 35.5. The monoisotopic (exact) mass is 528 g/mol. The molecule has 3 aromatic rings. The van der Waals surface area contributed by atoms with Gasteiger partial charge in [0.15, 0.2) is 5.82 Å². The molecule has 2 heterocycles. The number of aliphatic hydroxyl groups is 3. The van der Waals surface area contributed by atoms with Crippen molar-refractivity contribution < 1.29 is 28.9 Å². The quantitative estimate of drug-likeness (QED) is 0.232. The van der Waals surface area contributed by atoms with E-state index in [0.29, 0.717) is 30.9 Å². The Labute approximate surface area is 207 Å². The number of likely N-dealkylation sites (tertiary alicyclic amines) is 1. The Morgan fingerprint density at radius 1 is 1.20 bits per heavy atom. The summed E-state index contributed by atoms with van der Waals surface area (Å²) < 4.78 is 27.1. The summed E-state index contributed by atoms with van der Waals surface area (Å²) in [5.41, 5.74) is -1.15. The maximum atomic E-state index is 14.8. The number of halogens is 4. The number of hydrogen-bond donors (Lipinski definition) is 4. The molecule has 1 fully saturated rings. The van der Waals surface area contributed by atoms with E-state index in [-0.39, 0.29) is 38.6 Å². The highest BCUT2D eigenvalue weighted by Gasteiger charge is 2.28. The van der Waals surface area contributed by atoms with Crippen molar-refractivity contribution in [3.8, 4) is 0 Å². The molecule has 1 unspecified atom stereocenters. The fraction of sp³-hybridized carbons (Fsp3) is 0.227. The van der Waals surface area contributed by atoms with Crippen LogP contribution in [-0.2, 0) is 10.9 Å². The minimum Gasteiger partial charge on any atom is -0.378 e. The van der Waals surface area contributed by atoms with Crippen molar-refractivity contribution in [2.45, 2.75) is 18.6 Å². The van der Waals surface area contributed by atoms with Crippen LogP contribution in [0.25, 0.3) is 10.9 Å². The van der Waals surface area contributed by atoms with Gasteiger partial charge >= 0.3 is 6.10 Å². The largest absolute Gasteiger partial charge is 0.378 e. The van der Waals surface area contributed by atoms with Gasteiger partial charge in [-0.2, -0.15) is 0 Å². The first-order chi connectivity index (χ1) is 16.4. The zero-order chi connectivity index (χ0) is 25.9. The standard InChI is InChI=1S/C16H17FN4O5.C6H3Cl2F/c1-2-12(22)20-6-5-9(7-20)19-11-4-3-10-13(14(11)17)15(23)21(8-18-10)16(24,25)26;7-5-2-1-4(9)3-6(5)8/h2-4,8-9,19,24-26H,1,5-7H2;1-3H. The molecule has 1 aliphatic rings. The lowest BCUT2D eigenvalue weighted by atomic mass is 10.1. The summed E-state index contributed by atoms with van der Waals surface area (Å²) in [6.07, 6.45) is -1.00. The summed E-state index contributed by atoms with van der Waals surface area (Å²) in [4.78, 5) is 29.2. The number of nitrogens with zero attached hydrogens (tertiary/aromatic N) is 3. The third-order valence-corrected chi connectivity index (χ3v) is 5.84. The number of rotatable bonds is 4. The van der Waals surface area contributed by atoms with E-state index in [0.717, 1.165) is 0 Å². The molecule has 4 N–H and O–H groups in total. The molecule has 1 saturated heterocycles. The maximum Gasteiger partial charge on any atom is 0.377 e. The number of fused-ring (bicyclic) bond motifs is 1. The van der Waals surface area contributed by atoms with Gasteiger partial charge in [-0.15, -0.1) is 0 Å². The lowest BCUT2D eigenvalue weighted by Gasteiger charge is -2.18. The molecular formula is C22H20Cl2F2N4O5. The number of carbonyl (C=O) groups excluding carboxylic acids is 1. The van der Waals surface area contributed by atoms with Crippen LogP contribution >= 0.6 is 23.2 Å². The van der Waals surface area contributed by atoms with Crippen molar-refractivity contribution in [3.63, 3.8) is 0 Å². The fourth-order valence-electron chi connectivity index (χ4n) is 3.39. The van der Waals surface area contributed by atoms with Crippen molar-refractivity contribution in [1.29, 1.82) is 0 Å². The van der Waals surface area contributed by atoms with Crippen LogP contribution in [-0.4, -0.2) is 54.8 Å². The Morgan fingerprint density at radius 2 is 1.91 bits per heavy atom. The molecule has 2 aromatic carbocycles. The van der Waals surface area contributed by atoms with E-state index in [1.807, 2.05) is 0 Å². The lowest BCUT2D eigenvalue weighted by molar-refractivity contribution is -0.377. The summed E-state index contributed by atoms with van der Waals surface area (Å²) in [6.45, 7) is 4.27. The average Bonchev–Trinajstić information content (AvgIpc) is 3.26. The Kier molecular flexibility index (Phi) is 8.08. The van der Waals surface area contributed by atoms with Crippen molar-refractivity contribution >= 4 is 45.7 Å². The summed E-state index contributed by atoms with van der Waals surface area (Å²) >= 11 is 10.9. The maximum absolute atomic E-state index is 14.8. The van der Waals surface area contributed by atoms with Gasteiger partial charge in [0.05, 0.1) is 21.2 Å². The molecule has 9 nitrogen and oxygen atoms in total. The molecule has 0 saturated carbocycles. The number of hydrogen-bond acceptors (Lipinski definition) is 7. The Morgan fingerprint density at radius 3 is 2.51 bits per heavy atom. The van der Waals surface area contributed by atoms with E-state index < -0.39 is 22.9 Å². The van der Waals surface area contributed by atoms with Crippen LogP contribution in [0.5, 0.6) is 0 Å². The molecule has 1 aliphatic heterocycles. The first-order valence-electron chi connectivity index (χ1n) is 10.1. The molecule has 1 aromatic heterocycles. The molecule has 0 bridgehead atoms. The molecule has 4 rings (SSSR count). The van der Waals surface area contributed by atoms with Crippen molar-refractivity contribution in [2.75, 3.05) is 18.4 Å². The Hall–Kier alpha value is -3.09. The average molecular weight is 529 g/mol. The topological polar surface area (TPSA) is 128 Å². The van der Waals surface area contributed by atoms with Gasteiger partial charge < -0.3 is 25.5 Å². The van der Waals surface area contributed by atoms with Crippen LogP contribution in [0.3, 0.4) is 0 Å². The van der Waals surface area contributed by atoms with Crippen LogP contribution in [0.15, 0.2) is 54.1 Å². The van der Waals surface area contributed by atoms with Gasteiger partial charge in [0, 0.05) is 19.1 Å². The second-order valence-electron chi connectivity index (χ2n) is 7.52. The number of nitrogens with one attached hydrogen (secondary N) is 1. The minimum atomic E-state index is -3.49. The summed E-state index contributed by atoms with van der Waals surface area (Å²) in [5, 5.41) is 30.6. The number of amides is 1. The van der Waals surface area contributed by atoms with Crippen LogP contribution in [0, 0.1) is 11.6 Å². The molecule has 1 amide bonds. The van der Waals surface area contributed by atoms with E-state index in [1.165, 1.54) is 36.4 Å². The zero-order valence-electron chi connectivity index (χ0n) is 18.0. The highest BCUT2D eigenvalue weighted by molar-refractivity contribution is 6.41. The second-order valence-corrected chi connectivity index (χ2v) is 8.33. The number of benzene rings is 2. The molecule has 0 radical (unpaired) electrons. The highest BCUT2D eigenvalue weighted by Crippen LogP contribution is 2.24. The molecule has 13 heteroatoms. The molecule has 1 atom stereocenters. The van der Waals surface area contributed by atoms with Crippen molar-refractivity contribution in [1.82, 2.24) is 14.5 Å². The van der Waals surface area contributed by atoms with E-state index >= 15 is 0 Å². The van der Waals surface area contributed by atoms with Crippen LogP contribution < -0.4 is 10.9 Å². The summed E-state index contributed by atoms with van der Waals surface area (Å²) in [7, 11) is 0. The first-order valence-corrected chi connectivity index (χ1v) is 10.8. The third-order valence-electron chi connectivity index (χ3n) is 5.10. The van der Waals surface area contributed by atoms with Crippen LogP contribution in [0.4, 0.5) is 14.5 Å².